The van der Waals surface area contributed by atoms with Crippen LogP contribution in [-0.4, -0.2) is 43.2 Å². The number of ether oxygens (including phenoxy) is 2. The highest BCUT2D eigenvalue weighted by atomic mass is 16.5. The third kappa shape index (κ3) is 5.54. The van der Waals surface area contributed by atoms with E-state index < -0.39 is 0 Å². The predicted molar refractivity (Wildman–Crippen MR) is 91.8 cm³/mol. The zero-order chi connectivity index (χ0) is 16.7. The van der Waals surface area contributed by atoms with Gasteiger partial charge in [-0.3, -0.25) is 9.69 Å². The number of carbonyl (C=O) groups is 1. The number of rotatable bonds is 7. The fourth-order valence-corrected chi connectivity index (χ4v) is 3.31. The monoisotopic (exact) mass is 319 g/mol. The molecule has 1 aliphatic heterocycles. The highest BCUT2D eigenvalue weighted by Crippen LogP contribution is 2.22. The molecule has 4 heteroatoms. The Morgan fingerprint density at radius 3 is 2.43 bits per heavy atom. The van der Waals surface area contributed by atoms with E-state index in [1.54, 1.807) is 7.11 Å². The van der Waals surface area contributed by atoms with Crippen LogP contribution >= 0.6 is 0 Å². The number of hydrogen-bond donors (Lipinski definition) is 0. The second-order valence-electron chi connectivity index (χ2n) is 6.47. The van der Waals surface area contributed by atoms with Crippen molar-refractivity contribution >= 4 is 5.97 Å². The fraction of sp³-hybridized carbons (Fsp3) is 0.632. The standard InChI is InChI=1S/C19H29NO3/c1-15-6-4-7-16(2)20(15)12-5-13-23-19(21)14-17-8-10-18(22-3)11-9-17/h8-11,15-16H,4-7,12-14H2,1-3H3. The average Bonchev–Trinajstić information content (AvgIpc) is 2.54. The molecule has 0 spiro atoms. The Hall–Kier alpha value is -1.55. The Bertz CT molecular complexity index is 476. The van der Waals surface area contributed by atoms with Gasteiger partial charge in [0.25, 0.3) is 0 Å². The minimum Gasteiger partial charge on any atom is -0.497 e. The van der Waals surface area contributed by atoms with E-state index in [9.17, 15) is 4.79 Å². The number of piperidine rings is 1. The summed E-state index contributed by atoms with van der Waals surface area (Å²) in [6, 6.07) is 8.82. The molecular weight excluding hydrogens is 290 g/mol. The maximum atomic E-state index is 11.9. The van der Waals surface area contributed by atoms with Crippen LogP contribution in [0.15, 0.2) is 24.3 Å². The lowest BCUT2D eigenvalue weighted by Gasteiger charge is -2.38. The van der Waals surface area contributed by atoms with Gasteiger partial charge in [0.1, 0.15) is 5.75 Å². The summed E-state index contributed by atoms with van der Waals surface area (Å²) < 4.78 is 10.5. The topological polar surface area (TPSA) is 38.8 Å². The Morgan fingerprint density at radius 1 is 1.17 bits per heavy atom. The first kappa shape index (κ1) is 17.8. The first-order chi connectivity index (χ1) is 11.1. The van der Waals surface area contributed by atoms with Gasteiger partial charge in [-0.2, -0.15) is 0 Å². The molecule has 2 atom stereocenters. The lowest BCUT2D eigenvalue weighted by molar-refractivity contribution is -0.143. The van der Waals surface area contributed by atoms with Crippen LogP contribution in [0.2, 0.25) is 0 Å². The van der Waals surface area contributed by atoms with Crippen LogP contribution in [-0.2, 0) is 16.0 Å². The van der Waals surface area contributed by atoms with Gasteiger partial charge in [0.05, 0.1) is 20.1 Å². The molecule has 1 aromatic carbocycles. The van der Waals surface area contributed by atoms with Crippen molar-refractivity contribution in [3.63, 3.8) is 0 Å². The van der Waals surface area contributed by atoms with Gasteiger partial charge in [-0.05, 0) is 50.8 Å². The van der Waals surface area contributed by atoms with Gasteiger partial charge in [-0.15, -0.1) is 0 Å². The summed E-state index contributed by atoms with van der Waals surface area (Å²) >= 11 is 0. The summed E-state index contributed by atoms with van der Waals surface area (Å²) in [5, 5.41) is 0. The van der Waals surface area contributed by atoms with Gasteiger partial charge >= 0.3 is 5.97 Å². The number of esters is 1. The number of hydrogen-bond acceptors (Lipinski definition) is 4. The number of carbonyl (C=O) groups excluding carboxylic acids is 1. The third-order valence-corrected chi connectivity index (χ3v) is 4.71. The second-order valence-corrected chi connectivity index (χ2v) is 6.47. The highest BCUT2D eigenvalue weighted by molar-refractivity contribution is 5.72. The summed E-state index contributed by atoms with van der Waals surface area (Å²) in [6.07, 6.45) is 5.11. The summed E-state index contributed by atoms with van der Waals surface area (Å²) in [5.74, 6) is 0.641. The van der Waals surface area contributed by atoms with Crippen molar-refractivity contribution in [3.05, 3.63) is 29.8 Å². The maximum absolute atomic E-state index is 11.9. The van der Waals surface area contributed by atoms with E-state index in [0.29, 0.717) is 25.1 Å². The first-order valence-electron chi connectivity index (χ1n) is 8.64. The largest absolute Gasteiger partial charge is 0.497 e. The molecule has 2 rings (SSSR count). The Labute approximate surface area is 139 Å². The smallest absolute Gasteiger partial charge is 0.310 e. The highest BCUT2D eigenvalue weighted by Gasteiger charge is 2.23. The molecule has 1 aromatic rings. The minimum absolute atomic E-state index is 0.157. The molecule has 0 aliphatic carbocycles. The molecule has 2 unspecified atom stereocenters. The fourth-order valence-electron chi connectivity index (χ4n) is 3.31. The molecule has 1 saturated heterocycles. The molecule has 0 amide bonds. The van der Waals surface area contributed by atoms with Gasteiger partial charge < -0.3 is 9.47 Å². The summed E-state index contributed by atoms with van der Waals surface area (Å²) in [7, 11) is 1.63. The lowest BCUT2D eigenvalue weighted by Crippen LogP contribution is -2.44. The van der Waals surface area contributed by atoms with Crippen molar-refractivity contribution in [2.45, 2.75) is 58.0 Å². The Balaban J connectivity index is 1.66. The van der Waals surface area contributed by atoms with Crippen LogP contribution in [0.5, 0.6) is 5.75 Å². The van der Waals surface area contributed by atoms with Crippen molar-refractivity contribution in [3.8, 4) is 5.75 Å². The van der Waals surface area contributed by atoms with E-state index in [0.717, 1.165) is 24.3 Å². The number of methoxy groups -OCH3 is 1. The van der Waals surface area contributed by atoms with E-state index in [-0.39, 0.29) is 5.97 Å². The van der Waals surface area contributed by atoms with Gasteiger partial charge in [-0.1, -0.05) is 18.6 Å². The molecular formula is C19H29NO3. The molecule has 0 N–H and O–H groups in total. The number of likely N-dealkylation sites (tertiary alicyclic amines) is 1. The maximum Gasteiger partial charge on any atom is 0.310 e. The molecule has 1 fully saturated rings. The van der Waals surface area contributed by atoms with Crippen LogP contribution in [0.3, 0.4) is 0 Å². The normalized spacial score (nSPS) is 21.9. The van der Waals surface area contributed by atoms with Crippen LogP contribution in [0.25, 0.3) is 0 Å². The van der Waals surface area contributed by atoms with E-state index in [4.69, 9.17) is 9.47 Å². The Morgan fingerprint density at radius 2 is 1.83 bits per heavy atom. The molecule has 1 aliphatic rings. The zero-order valence-corrected chi connectivity index (χ0v) is 14.6. The van der Waals surface area contributed by atoms with Crippen LogP contribution in [0.4, 0.5) is 0 Å². The minimum atomic E-state index is -0.157. The average molecular weight is 319 g/mol. The van der Waals surface area contributed by atoms with Crippen molar-refractivity contribution in [1.82, 2.24) is 4.90 Å². The molecule has 1 heterocycles. The molecule has 0 radical (unpaired) electrons. The lowest BCUT2D eigenvalue weighted by atomic mass is 9.97. The van der Waals surface area contributed by atoms with Gasteiger partial charge in [0.15, 0.2) is 0 Å². The first-order valence-corrected chi connectivity index (χ1v) is 8.64. The van der Waals surface area contributed by atoms with E-state index in [1.807, 2.05) is 24.3 Å². The van der Waals surface area contributed by atoms with E-state index in [2.05, 4.69) is 18.7 Å². The zero-order valence-electron chi connectivity index (χ0n) is 14.6. The van der Waals surface area contributed by atoms with Crippen LogP contribution in [0, 0.1) is 0 Å². The number of benzene rings is 1. The van der Waals surface area contributed by atoms with Crippen LogP contribution < -0.4 is 4.74 Å². The third-order valence-electron chi connectivity index (χ3n) is 4.71. The van der Waals surface area contributed by atoms with Crippen molar-refractivity contribution < 1.29 is 14.3 Å². The molecule has 128 valence electrons. The molecule has 0 bridgehead atoms. The summed E-state index contributed by atoms with van der Waals surface area (Å²) in [5.41, 5.74) is 0.953. The van der Waals surface area contributed by atoms with E-state index >= 15 is 0 Å². The van der Waals surface area contributed by atoms with Crippen molar-refractivity contribution in [1.29, 1.82) is 0 Å². The Kier molecular flexibility index (Phi) is 6.90. The van der Waals surface area contributed by atoms with Crippen molar-refractivity contribution in [2.24, 2.45) is 0 Å². The molecule has 0 aromatic heterocycles. The second kappa shape index (κ2) is 8.92. The summed E-state index contributed by atoms with van der Waals surface area (Å²) in [6.45, 7) is 6.11. The van der Waals surface area contributed by atoms with Gasteiger partial charge in [-0.25, -0.2) is 0 Å². The quantitative estimate of drug-likeness (QED) is 0.570. The summed E-state index contributed by atoms with van der Waals surface area (Å²) in [4.78, 5) is 14.4. The molecule has 0 saturated carbocycles. The van der Waals surface area contributed by atoms with Gasteiger partial charge in [0.2, 0.25) is 0 Å². The predicted octanol–water partition coefficient (Wildman–Crippen LogP) is 3.43. The van der Waals surface area contributed by atoms with Crippen molar-refractivity contribution in [2.75, 3.05) is 20.3 Å². The molecule has 23 heavy (non-hydrogen) atoms. The number of nitrogens with zero attached hydrogens (tertiary/aromatic N) is 1. The van der Waals surface area contributed by atoms with Gasteiger partial charge in [0, 0.05) is 18.6 Å². The molecule has 4 nitrogen and oxygen atoms in total. The SMILES string of the molecule is COc1ccc(CC(=O)OCCCN2C(C)CCCC2C)cc1. The van der Waals surface area contributed by atoms with E-state index in [1.165, 1.54) is 19.3 Å². The van der Waals surface area contributed by atoms with Crippen LogP contribution in [0.1, 0.15) is 45.1 Å².